The third kappa shape index (κ3) is 5.96. The number of amides is 2. The summed E-state index contributed by atoms with van der Waals surface area (Å²) in [6.45, 7) is 2.61. The highest BCUT2D eigenvalue weighted by Gasteiger charge is 2.36. The third-order valence-corrected chi connectivity index (χ3v) is 7.68. The number of rotatable bonds is 7. The first kappa shape index (κ1) is 21.1. The van der Waals surface area contributed by atoms with Crippen molar-refractivity contribution in [2.75, 3.05) is 35.7 Å². The standard InChI is InChI=1S/C19H26N2O5S2/c1-14(22)20-15-4-6-18(7-5-15)27-12-19(23)21(11-17-3-2-9-26-17)16-8-10-28(24,25)13-16/h4-7,16-17H,2-3,8-13H2,1H3,(H,20,22). The molecule has 0 spiro atoms. The first-order valence-electron chi connectivity index (χ1n) is 9.44. The number of anilines is 1. The zero-order chi connectivity index (χ0) is 20.1. The van der Waals surface area contributed by atoms with E-state index in [-0.39, 0.29) is 41.2 Å². The van der Waals surface area contributed by atoms with Gasteiger partial charge in [0.25, 0.3) is 0 Å². The fraction of sp³-hybridized carbons (Fsp3) is 0.579. The van der Waals surface area contributed by atoms with Crippen molar-refractivity contribution < 1.29 is 22.7 Å². The molecule has 1 N–H and O–H groups in total. The lowest BCUT2D eigenvalue weighted by molar-refractivity contribution is -0.132. The summed E-state index contributed by atoms with van der Waals surface area (Å²) in [4.78, 5) is 26.6. The maximum atomic E-state index is 12.9. The maximum absolute atomic E-state index is 12.9. The van der Waals surface area contributed by atoms with E-state index in [2.05, 4.69) is 5.32 Å². The molecule has 1 aromatic carbocycles. The minimum absolute atomic E-state index is 0.00538. The van der Waals surface area contributed by atoms with Crippen LogP contribution >= 0.6 is 11.8 Å². The molecule has 7 nitrogen and oxygen atoms in total. The molecule has 2 aliphatic heterocycles. The summed E-state index contributed by atoms with van der Waals surface area (Å²) < 4.78 is 29.4. The second-order valence-electron chi connectivity index (χ2n) is 7.23. The number of carbonyl (C=O) groups is 2. The summed E-state index contributed by atoms with van der Waals surface area (Å²) in [7, 11) is -3.07. The third-order valence-electron chi connectivity index (χ3n) is 4.93. The lowest BCUT2D eigenvalue weighted by atomic mass is 10.1. The van der Waals surface area contributed by atoms with Gasteiger partial charge >= 0.3 is 0 Å². The van der Waals surface area contributed by atoms with Crippen LogP contribution < -0.4 is 5.32 Å². The Balaban J connectivity index is 1.61. The van der Waals surface area contributed by atoms with Gasteiger partial charge in [-0.25, -0.2) is 8.42 Å². The summed E-state index contributed by atoms with van der Waals surface area (Å²) in [5.74, 6) is 0.232. The van der Waals surface area contributed by atoms with E-state index >= 15 is 0 Å². The molecule has 2 heterocycles. The Morgan fingerprint density at radius 3 is 2.57 bits per heavy atom. The Bertz CT molecular complexity index is 804. The van der Waals surface area contributed by atoms with Crippen LogP contribution in [-0.4, -0.2) is 67.7 Å². The minimum atomic E-state index is -3.07. The predicted octanol–water partition coefficient (Wildman–Crippen LogP) is 1.93. The summed E-state index contributed by atoms with van der Waals surface area (Å²) in [6, 6.07) is 7.04. The van der Waals surface area contributed by atoms with Gasteiger partial charge in [-0.15, -0.1) is 11.8 Å². The number of ether oxygens (including phenoxy) is 1. The minimum Gasteiger partial charge on any atom is -0.376 e. The van der Waals surface area contributed by atoms with Crippen LogP contribution in [0.4, 0.5) is 5.69 Å². The van der Waals surface area contributed by atoms with Crippen molar-refractivity contribution in [1.82, 2.24) is 4.90 Å². The first-order valence-corrected chi connectivity index (χ1v) is 12.2. The van der Waals surface area contributed by atoms with E-state index in [9.17, 15) is 18.0 Å². The first-order chi connectivity index (χ1) is 13.3. The van der Waals surface area contributed by atoms with Crippen LogP contribution in [0, 0.1) is 0 Å². The van der Waals surface area contributed by atoms with E-state index < -0.39 is 9.84 Å². The zero-order valence-corrected chi connectivity index (χ0v) is 17.6. The Morgan fingerprint density at radius 2 is 2.00 bits per heavy atom. The van der Waals surface area contributed by atoms with Gasteiger partial charge in [0.05, 0.1) is 23.4 Å². The van der Waals surface area contributed by atoms with Crippen LogP contribution in [0.25, 0.3) is 0 Å². The Hall–Kier alpha value is -1.58. The van der Waals surface area contributed by atoms with Gasteiger partial charge < -0.3 is 15.0 Å². The van der Waals surface area contributed by atoms with Gasteiger partial charge in [0.15, 0.2) is 9.84 Å². The van der Waals surface area contributed by atoms with E-state index in [1.54, 1.807) is 17.0 Å². The Kier molecular flexibility index (Phi) is 7.00. The predicted molar refractivity (Wildman–Crippen MR) is 109 cm³/mol. The highest BCUT2D eigenvalue weighted by molar-refractivity contribution is 8.00. The number of sulfone groups is 1. The van der Waals surface area contributed by atoms with Gasteiger partial charge in [-0.2, -0.15) is 0 Å². The summed E-state index contributed by atoms with van der Waals surface area (Å²) >= 11 is 1.41. The normalized spacial score (nSPS) is 23.5. The lowest BCUT2D eigenvalue weighted by Crippen LogP contribution is -2.46. The molecule has 0 aliphatic carbocycles. The van der Waals surface area contributed by atoms with Crippen LogP contribution in [0.1, 0.15) is 26.2 Å². The van der Waals surface area contributed by atoms with E-state index in [4.69, 9.17) is 4.74 Å². The van der Waals surface area contributed by atoms with Crippen molar-refractivity contribution in [3.63, 3.8) is 0 Å². The lowest BCUT2D eigenvalue weighted by Gasteiger charge is -2.30. The van der Waals surface area contributed by atoms with Crippen molar-refractivity contribution in [3.8, 4) is 0 Å². The molecular formula is C19H26N2O5S2. The smallest absolute Gasteiger partial charge is 0.233 e. The van der Waals surface area contributed by atoms with E-state index in [0.29, 0.717) is 25.3 Å². The molecule has 0 bridgehead atoms. The summed E-state index contributed by atoms with van der Waals surface area (Å²) in [6.07, 6.45) is 2.37. The molecule has 1 aromatic rings. The van der Waals surface area contributed by atoms with Crippen molar-refractivity contribution >= 4 is 39.1 Å². The quantitative estimate of drug-likeness (QED) is 0.670. The van der Waals surface area contributed by atoms with Gasteiger partial charge in [-0.05, 0) is 43.5 Å². The molecular weight excluding hydrogens is 400 g/mol. The van der Waals surface area contributed by atoms with Crippen LogP contribution in [0.3, 0.4) is 0 Å². The largest absolute Gasteiger partial charge is 0.376 e. The monoisotopic (exact) mass is 426 g/mol. The van der Waals surface area contributed by atoms with E-state index in [1.165, 1.54) is 18.7 Å². The fourth-order valence-electron chi connectivity index (χ4n) is 3.55. The van der Waals surface area contributed by atoms with Crippen LogP contribution in [0.5, 0.6) is 0 Å². The maximum Gasteiger partial charge on any atom is 0.233 e. The fourth-order valence-corrected chi connectivity index (χ4v) is 6.06. The molecule has 2 fully saturated rings. The molecule has 0 aromatic heterocycles. The van der Waals surface area contributed by atoms with Crippen LogP contribution in [0.15, 0.2) is 29.2 Å². The molecule has 2 aliphatic rings. The van der Waals surface area contributed by atoms with Gasteiger partial charge in [0, 0.05) is 36.7 Å². The SMILES string of the molecule is CC(=O)Nc1ccc(SCC(=O)N(CC2CCCO2)C2CCS(=O)(=O)C2)cc1. The van der Waals surface area contributed by atoms with Crippen molar-refractivity contribution in [2.24, 2.45) is 0 Å². The van der Waals surface area contributed by atoms with Gasteiger partial charge in [0.1, 0.15) is 0 Å². The number of nitrogens with one attached hydrogen (secondary N) is 1. The second kappa shape index (κ2) is 9.28. The molecule has 2 saturated heterocycles. The highest BCUT2D eigenvalue weighted by atomic mass is 32.2. The average molecular weight is 427 g/mol. The molecule has 0 radical (unpaired) electrons. The van der Waals surface area contributed by atoms with E-state index in [1.807, 2.05) is 12.1 Å². The van der Waals surface area contributed by atoms with Gasteiger partial charge in [-0.1, -0.05) is 0 Å². The number of hydrogen-bond donors (Lipinski definition) is 1. The molecule has 9 heteroatoms. The Morgan fingerprint density at radius 1 is 1.25 bits per heavy atom. The van der Waals surface area contributed by atoms with Crippen LogP contribution in [0.2, 0.25) is 0 Å². The number of carbonyl (C=O) groups excluding carboxylic acids is 2. The van der Waals surface area contributed by atoms with E-state index in [0.717, 1.165) is 17.7 Å². The molecule has 2 atom stereocenters. The van der Waals surface area contributed by atoms with Crippen molar-refractivity contribution in [2.45, 2.75) is 43.2 Å². The second-order valence-corrected chi connectivity index (χ2v) is 10.5. The van der Waals surface area contributed by atoms with Crippen LogP contribution in [-0.2, 0) is 24.2 Å². The van der Waals surface area contributed by atoms with Gasteiger partial charge in [-0.3, -0.25) is 9.59 Å². The molecule has 2 amide bonds. The number of benzene rings is 1. The molecule has 3 rings (SSSR count). The molecule has 154 valence electrons. The summed E-state index contributed by atoms with van der Waals surface area (Å²) in [5, 5.41) is 2.71. The van der Waals surface area contributed by atoms with Crippen molar-refractivity contribution in [1.29, 1.82) is 0 Å². The number of thioether (sulfide) groups is 1. The molecule has 0 saturated carbocycles. The average Bonchev–Trinajstić information content (AvgIpc) is 3.27. The van der Waals surface area contributed by atoms with Crippen molar-refractivity contribution in [3.05, 3.63) is 24.3 Å². The topological polar surface area (TPSA) is 92.8 Å². The molecule has 2 unspecified atom stereocenters. The number of nitrogens with zero attached hydrogens (tertiary/aromatic N) is 1. The highest BCUT2D eigenvalue weighted by Crippen LogP contribution is 2.25. The van der Waals surface area contributed by atoms with Gasteiger partial charge in [0.2, 0.25) is 11.8 Å². The number of hydrogen-bond acceptors (Lipinski definition) is 6. The zero-order valence-electron chi connectivity index (χ0n) is 15.9. The molecule has 28 heavy (non-hydrogen) atoms. The summed E-state index contributed by atoms with van der Waals surface area (Å²) in [5.41, 5.74) is 0.708. The Labute approximate surface area is 170 Å².